The molecule has 2 amide bonds. The molecule has 164 valence electrons. The number of anilines is 1. The molecule has 1 aliphatic rings. The summed E-state index contributed by atoms with van der Waals surface area (Å²) < 4.78 is 10.6. The SMILES string of the molecule is Cc1ccccc1CCNC(=O)c1cccnc1SCC(=O)Nc1ccc2c(c1)OCO2. The van der Waals surface area contributed by atoms with Crippen LogP contribution in [0.15, 0.2) is 65.8 Å². The Morgan fingerprint density at radius 3 is 2.78 bits per heavy atom. The average molecular weight is 450 g/mol. The molecule has 3 aromatic rings. The molecule has 2 heterocycles. The van der Waals surface area contributed by atoms with Gasteiger partial charge in [-0.1, -0.05) is 36.0 Å². The van der Waals surface area contributed by atoms with E-state index in [1.54, 1.807) is 36.5 Å². The molecule has 0 radical (unpaired) electrons. The first kappa shape index (κ1) is 21.7. The summed E-state index contributed by atoms with van der Waals surface area (Å²) in [5, 5.41) is 6.29. The van der Waals surface area contributed by atoms with Crippen molar-refractivity contribution < 1.29 is 19.1 Å². The summed E-state index contributed by atoms with van der Waals surface area (Å²) in [4.78, 5) is 29.4. The fourth-order valence-electron chi connectivity index (χ4n) is 3.28. The zero-order valence-electron chi connectivity index (χ0n) is 17.6. The van der Waals surface area contributed by atoms with Gasteiger partial charge in [-0.05, 0) is 48.7 Å². The van der Waals surface area contributed by atoms with Gasteiger partial charge in [-0.25, -0.2) is 4.98 Å². The van der Waals surface area contributed by atoms with Crippen LogP contribution in [-0.4, -0.2) is 35.9 Å². The maximum atomic E-state index is 12.7. The van der Waals surface area contributed by atoms with Crippen LogP contribution in [0.4, 0.5) is 5.69 Å². The Balaban J connectivity index is 1.31. The standard InChI is InChI=1S/C24H23N3O4S/c1-16-5-2-3-6-17(16)10-12-25-23(29)19-7-4-11-26-24(19)32-14-22(28)27-18-8-9-20-21(13-18)31-15-30-20/h2-9,11,13H,10,12,14-15H2,1H3,(H,25,29)(H,27,28). The predicted octanol–water partition coefficient (Wildman–Crippen LogP) is 3.82. The maximum absolute atomic E-state index is 12.7. The molecule has 0 unspecified atom stereocenters. The summed E-state index contributed by atoms with van der Waals surface area (Å²) in [5.74, 6) is 0.971. The zero-order chi connectivity index (χ0) is 22.3. The van der Waals surface area contributed by atoms with Crippen LogP contribution < -0.4 is 20.1 Å². The molecule has 0 saturated heterocycles. The molecule has 2 aromatic carbocycles. The van der Waals surface area contributed by atoms with Gasteiger partial charge in [0.1, 0.15) is 5.03 Å². The molecule has 0 bridgehead atoms. The van der Waals surface area contributed by atoms with Gasteiger partial charge in [-0.2, -0.15) is 0 Å². The molecule has 1 aromatic heterocycles. The number of benzene rings is 2. The van der Waals surface area contributed by atoms with Crippen LogP contribution in [0.3, 0.4) is 0 Å². The second-order valence-electron chi connectivity index (χ2n) is 7.19. The van der Waals surface area contributed by atoms with E-state index in [0.717, 1.165) is 6.42 Å². The molecule has 8 heteroatoms. The van der Waals surface area contributed by atoms with Gasteiger partial charge in [0.05, 0.1) is 11.3 Å². The monoisotopic (exact) mass is 449 g/mol. The Morgan fingerprint density at radius 2 is 1.91 bits per heavy atom. The third-order valence-corrected chi connectivity index (χ3v) is 5.96. The van der Waals surface area contributed by atoms with Crippen molar-refractivity contribution in [1.29, 1.82) is 0 Å². The van der Waals surface area contributed by atoms with E-state index in [-0.39, 0.29) is 24.4 Å². The van der Waals surface area contributed by atoms with Gasteiger partial charge in [0, 0.05) is 24.5 Å². The van der Waals surface area contributed by atoms with Gasteiger partial charge in [0.25, 0.3) is 5.91 Å². The number of nitrogens with one attached hydrogen (secondary N) is 2. The fourth-order valence-corrected chi connectivity index (χ4v) is 4.07. The average Bonchev–Trinajstić information content (AvgIpc) is 3.27. The highest BCUT2D eigenvalue weighted by Crippen LogP contribution is 2.34. The van der Waals surface area contributed by atoms with Crippen molar-refractivity contribution in [3.8, 4) is 11.5 Å². The molecule has 0 atom stereocenters. The van der Waals surface area contributed by atoms with Crippen molar-refractivity contribution in [3.63, 3.8) is 0 Å². The van der Waals surface area contributed by atoms with Gasteiger partial charge >= 0.3 is 0 Å². The van der Waals surface area contributed by atoms with E-state index in [0.29, 0.717) is 34.3 Å². The Labute approximate surface area is 190 Å². The summed E-state index contributed by atoms with van der Waals surface area (Å²) >= 11 is 1.22. The lowest BCUT2D eigenvalue weighted by atomic mass is 10.1. The van der Waals surface area contributed by atoms with Crippen LogP contribution in [0.2, 0.25) is 0 Å². The number of ether oxygens (including phenoxy) is 2. The van der Waals surface area contributed by atoms with E-state index in [1.807, 2.05) is 12.1 Å². The van der Waals surface area contributed by atoms with E-state index >= 15 is 0 Å². The van der Waals surface area contributed by atoms with Crippen molar-refractivity contribution in [2.45, 2.75) is 18.4 Å². The van der Waals surface area contributed by atoms with E-state index < -0.39 is 0 Å². The van der Waals surface area contributed by atoms with Crippen LogP contribution in [0.5, 0.6) is 11.5 Å². The second-order valence-corrected chi connectivity index (χ2v) is 8.16. The minimum Gasteiger partial charge on any atom is -0.454 e. The molecule has 2 N–H and O–H groups in total. The van der Waals surface area contributed by atoms with Gasteiger partial charge in [-0.15, -0.1) is 0 Å². The third kappa shape index (κ3) is 5.39. The fraction of sp³-hybridized carbons (Fsp3) is 0.208. The van der Waals surface area contributed by atoms with Crippen molar-refractivity contribution in [2.24, 2.45) is 0 Å². The van der Waals surface area contributed by atoms with Crippen LogP contribution in [-0.2, 0) is 11.2 Å². The topological polar surface area (TPSA) is 89.6 Å². The summed E-state index contributed by atoms with van der Waals surface area (Å²) in [6.07, 6.45) is 2.36. The first-order valence-corrected chi connectivity index (χ1v) is 11.2. The number of aromatic nitrogens is 1. The Hall–Kier alpha value is -3.52. The lowest BCUT2D eigenvalue weighted by Crippen LogP contribution is -2.26. The van der Waals surface area contributed by atoms with Crippen molar-refractivity contribution in [3.05, 3.63) is 77.5 Å². The Bertz CT molecular complexity index is 1140. The number of pyridine rings is 1. The van der Waals surface area contributed by atoms with Crippen LogP contribution in [0, 0.1) is 6.92 Å². The van der Waals surface area contributed by atoms with Crippen molar-refractivity contribution in [1.82, 2.24) is 10.3 Å². The molecule has 0 saturated carbocycles. The first-order chi connectivity index (χ1) is 15.6. The lowest BCUT2D eigenvalue weighted by molar-refractivity contribution is -0.113. The predicted molar refractivity (Wildman–Crippen MR) is 123 cm³/mol. The molecular formula is C24H23N3O4S. The largest absolute Gasteiger partial charge is 0.454 e. The number of carbonyl (C=O) groups excluding carboxylic acids is 2. The van der Waals surface area contributed by atoms with E-state index in [2.05, 4.69) is 34.7 Å². The number of hydrogen-bond donors (Lipinski definition) is 2. The summed E-state index contributed by atoms with van der Waals surface area (Å²) in [5.41, 5.74) is 3.48. The number of thioether (sulfide) groups is 1. The number of fused-ring (bicyclic) bond motifs is 1. The molecule has 1 aliphatic heterocycles. The highest BCUT2D eigenvalue weighted by atomic mass is 32.2. The lowest BCUT2D eigenvalue weighted by Gasteiger charge is -2.10. The number of amides is 2. The van der Waals surface area contributed by atoms with Gasteiger partial charge in [0.2, 0.25) is 12.7 Å². The molecular weight excluding hydrogens is 426 g/mol. The highest BCUT2D eigenvalue weighted by molar-refractivity contribution is 8.00. The summed E-state index contributed by atoms with van der Waals surface area (Å²) in [6, 6.07) is 16.8. The molecule has 7 nitrogen and oxygen atoms in total. The Kier molecular flexibility index (Phi) is 6.91. The third-order valence-electron chi connectivity index (χ3n) is 4.95. The van der Waals surface area contributed by atoms with E-state index in [9.17, 15) is 9.59 Å². The zero-order valence-corrected chi connectivity index (χ0v) is 18.4. The maximum Gasteiger partial charge on any atom is 0.254 e. The normalized spacial score (nSPS) is 11.8. The number of carbonyl (C=O) groups is 2. The minimum absolute atomic E-state index is 0.120. The van der Waals surface area contributed by atoms with Crippen LogP contribution in [0.25, 0.3) is 0 Å². The van der Waals surface area contributed by atoms with Crippen molar-refractivity contribution >= 4 is 29.3 Å². The summed E-state index contributed by atoms with van der Waals surface area (Å²) in [7, 11) is 0. The van der Waals surface area contributed by atoms with Crippen LogP contribution in [0.1, 0.15) is 21.5 Å². The van der Waals surface area contributed by atoms with E-state index in [4.69, 9.17) is 9.47 Å². The Morgan fingerprint density at radius 1 is 1.06 bits per heavy atom. The second kappa shape index (κ2) is 10.2. The molecule has 0 fully saturated rings. The molecule has 32 heavy (non-hydrogen) atoms. The quantitative estimate of drug-likeness (QED) is 0.508. The summed E-state index contributed by atoms with van der Waals surface area (Å²) in [6.45, 7) is 2.76. The van der Waals surface area contributed by atoms with Gasteiger partial charge in [-0.3, -0.25) is 9.59 Å². The van der Waals surface area contributed by atoms with Crippen LogP contribution >= 0.6 is 11.8 Å². The minimum atomic E-state index is -0.203. The first-order valence-electron chi connectivity index (χ1n) is 10.2. The van der Waals surface area contributed by atoms with Crippen molar-refractivity contribution in [2.75, 3.05) is 24.4 Å². The van der Waals surface area contributed by atoms with Gasteiger partial charge < -0.3 is 20.1 Å². The molecule has 0 aliphatic carbocycles. The highest BCUT2D eigenvalue weighted by Gasteiger charge is 2.16. The van der Waals surface area contributed by atoms with Gasteiger partial charge in [0.15, 0.2) is 11.5 Å². The molecule has 4 rings (SSSR count). The molecule has 0 spiro atoms. The van der Waals surface area contributed by atoms with E-state index in [1.165, 1.54) is 22.9 Å². The number of aryl methyl sites for hydroxylation is 1. The number of rotatable bonds is 8. The number of hydrogen-bond acceptors (Lipinski definition) is 6. The smallest absolute Gasteiger partial charge is 0.254 e. The number of nitrogens with zero attached hydrogens (tertiary/aromatic N) is 1.